The fourth-order valence-electron chi connectivity index (χ4n) is 6.96. The summed E-state index contributed by atoms with van der Waals surface area (Å²) in [6.07, 6.45) is 3.58. The summed E-state index contributed by atoms with van der Waals surface area (Å²) in [4.78, 5) is 29.9. The molecule has 0 aliphatic heterocycles. The molecule has 6 heterocycles. The van der Waals surface area contributed by atoms with Crippen LogP contribution in [0.5, 0.6) is 0 Å². The number of aromatic nitrogens is 6. The fourth-order valence-corrected chi connectivity index (χ4v) is 6.96. The molecule has 0 amide bonds. The average molecular weight is 665 g/mol. The first-order valence-corrected chi connectivity index (χ1v) is 17.2. The SMILES string of the molecule is c1ccc(-c2ccc3ccc4cc5c(nc4c3n2)c(-c2ccc(-c3cc(-c4ccccn4)nc(-c4ccccn4)c3)cc2)nc2ccccc25)cc1. The van der Waals surface area contributed by atoms with E-state index in [1.807, 2.05) is 60.7 Å². The summed E-state index contributed by atoms with van der Waals surface area (Å²) >= 11 is 0. The van der Waals surface area contributed by atoms with Crippen molar-refractivity contribution in [2.75, 3.05) is 0 Å². The lowest BCUT2D eigenvalue weighted by Gasteiger charge is -2.13. The van der Waals surface area contributed by atoms with Gasteiger partial charge in [-0.2, -0.15) is 0 Å². The third kappa shape index (κ3) is 5.22. The number of para-hydroxylation sites is 1. The molecule has 0 bridgehead atoms. The van der Waals surface area contributed by atoms with Crippen LogP contribution in [0.3, 0.4) is 0 Å². The van der Waals surface area contributed by atoms with Gasteiger partial charge in [-0.05, 0) is 65.7 Å². The highest BCUT2D eigenvalue weighted by Crippen LogP contribution is 2.37. The fraction of sp³-hybridized carbons (Fsp3) is 0. The van der Waals surface area contributed by atoms with Gasteiger partial charge in [0, 0.05) is 45.1 Å². The van der Waals surface area contributed by atoms with Crippen molar-refractivity contribution in [3.05, 3.63) is 170 Å². The topological polar surface area (TPSA) is 77.3 Å². The molecule has 0 spiro atoms. The Morgan fingerprint density at radius 2 is 0.942 bits per heavy atom. The van der Waals surface area contributed by atoms with E-state index in [1.165, 1.54) is 0 Å². The Morgan fingerprint density at radius 1 is 0.308 bits per heavy atom. The highest BCUT2D eigenvalue weighted by Gasteiger charge is 2.16. The van der Waals surface area contributed by atoms with Gasteiger partial charge in [0.2, 0.25) is 0 Å². The number of benzene rings is 4. The van der Waals surface area contributed by atoms with Crippen LogP contribution in [-0.2, 0) is 0 Å². The molecule has 52 heavy (non-hydrogen) atoms. The number of fused-ring (bicyclic) bond motifs is 6. The maximum Gasteiger partial charge on any atom is 0.0980 e. The van der Waals surface area contributed by atoms with Crippen LogP contribution in [0.4, 0.5) is 0 Å². The van der Waals surface area contributed by atoms with E-state index in [1.54, 1.807) is 12.4 Å². The zero-order chi connectivity index (χ0) is 34.4. The Bertz CT molecular complexity index is 2870. The molecule has 6 heteroatoms. The largest absolute Gasteiger partial charge is 0.255 e. The molecule has 0 aliphatic carbocycles. The highest BCUT2D eigenvalue weighted by molar-refractivity contribution is 6.15. The van der Waals surface area contributed by atoms with E-state index in [2.05, 4.69) is 107 Å². The molecule has 6 aromatic heterocycles. The van der Waals surface area contributed by atoms with Crippen molar-refractivity contribution in [3.63, 3.8) is 0 Å². The van der Waals surface area contributed by atoms with Crippen LogP contribution >= 0.6 is 0 Å². The predicted molar refractivity (Wildman–Crippen MR) is 210 cm³/mol. The summed E-state index contributed by atoms with van der Waals surface area (Å²) in [6.45, 7) is 0. The van der Waals surface area contributed by atoms with Crippen LogP contribution in [0, 0.1) is 0 Å². The molecular weight excluding hydrogens is 637 g/mol. The maximum absolute atomic E-state index is 5.39. The van der Waals surface area contributed by atoms with Gasteiger partial charge in [-0.15, -0.1) is 0 Å². The molecule has 0 saturated carbocycles. The summed E-state index contributed by atoms with van der Waals surface area (Å²) in [7, 11) is 0. The van der Waals surface area contributed by atoms with Crippen LogP contribution in [0.2, 0.25) is 0 Å². The lowest BCUT2D eigenvalue weighted by molar-refractivity contribution is 1.22. The molecule has 0 saturated heterocycles. The molecule has 10 rings (SSSR count). The van der Waals surface area contributed by atoms with Gasteiger partial charge < -0.3 is 0 Å². The van der Waals surface area contributed by atoms with Gasteiger partial charge in [0.1, 0.15) is 0 Å². The summed E-state index contributed by atoms with van der Waals surface area (Å²) in [5, 5.41) is 4.22. The molecule has 0 atom stereocenters. The quantitative estimate of drug-likeness (QED) is 0.135. The predicted octanol–water partition coefficient (Wildman–Crippen LogP) is 11.0. The van der Waals surface area contributed by atoms with Gasteiger partial charge in [-0.3, -0.25) is 9.97 Å². The van der Waals surface area contributed by atoms with Crippen molar-refractivity contribution >= 4 is 43.6 Å². The van der Waals surface area contributed by atoms with Crippen molar-refractivity contribution in [3.8, 4) is 56.4 Å². The highest BCUT2D eigenvalue weighted by atomic mass is 14.8. The summed E-state index contributed by atoms with van der Waals surface area (Å²) in [6, 6.07) is 53.7. The Balaban J connectivity index is 1.14. The number of hydrogen-bond acceptors (Lipinski definition) is 6. The minimum absolute atomic E-state index is 0.789. The number of pyridine rings is 6. The van der Waals surface area contributed by atoms with E-state index < -0.39 is 0 Å². The maximum atomic E-state index is 5.39. The first kappa shape index (κ1) is 29.7. The van der Waals surface area contributed by atoms with E-state index in [9.17, 15) is 0 Å². The third-order valence-electron chi connectivity index (χ3n) is 9.54. The monoisotopic (exact) mass is 664 g/mol. The summed E-state index contributed by atoms with van der Waals surface area (Å²) in [5.41, 5.74) is 12.6. The molecule has 0 fully saturated rings. The van der Waals surface area contributed by atoms with Gasteiger partial charge in [0.05, 0.1) is 56.2 Å². The van der Waals surface area contributed by atoms with E-state index in [-0.39, 0.29) is 0 Å². The van der Waals surface area contributed by atoms with Crippen LogP contribution < -0.4 is 0 Å². The van der Waals surface area contributed by atoms with Crippen LogP contribution in [0.25, 0.3) is 100 Å². The normalized spacial score (nSPS) is 11.5. The first-order valence-electron chi connectivity index (χ1n) is 17.2. The molecule has 0 unspecified atom stereocenters. The lowest BCUT2D eigenvalue weighted by atomic mass is 9.98. The molecule has 10 aromatic rings. The van der Waals surface area contributed by atoms with Gasteiger partial charge in [-0.25, -0.2) is 19.9 Å². The van der Waals surface area contributed by atoms with E-state index in [0.29, 0.717) is 0 Å². The summed E-state index contributed by atoms with van der Waals surface area (Å²) < 4.78 is 0. The van der Waals surface area contributed by atoms with Gasteiger partial charge in [0.25, 0.3) is 0 Å². The van der Waals surface area contributed by atoms with Gasteiger partial charge in [0.15, 0.2) is 0 Å². The van der Waals surface area contributed by atoms with E-state index in [4.69, 9.17) is 19.9 Å². The standard InChI is InChI=1S/C46H28N6/c1-2-10-30(11-3-1)37-23-22-32-20-21-33-26-36-35-12-4-5-13-38(35)51-44(46(36)52-45(33)43(32)50-37)31-18-16-29(17-19-31)34-27-41(39-14-6-8-24-47-39)49-42(28-34)40-15-7-9-25-48-40/h1-28H. The first-order chi connectivity index (χ1) is 25.7. The van der Waals surface area contributed by atoms with Crippen LogP contribution in [0.1, 0.15) is 0 Å². The minimum atomic E-state index is 0.789. The van der Waals surface area contributed by atoms with E-state index in [0.717, 1.165) is 100 Å². The second-order valence-corrected chi connectivity index (χ2v) is 12.8. The zero-order valence-electron chi connectivity index (χ0n) is 27.8. The number of rotatable bonds is 5. The molecule has 242 valence electrons. The van der Waals surface area contributed by atoms with Gasteiger partial charge in [-0.1, -0.05) is 103 Å². The van der Waals surface area contributed by atoms with Crippen molar-refractivity contribution < 1.29 is 0 Å². The molecule has 6 nitrogen and oxygen atoms in total. The average Bonchev–Trinajstić information content (AvgIpc) is 3.23. The molecule has 0 N–H and O–H groups in total. The second-order valence-electron chi connectivity index (χ2n) is 12.8. The Labute approximate surface area is 299 Å². The lowest BCUT2D eigenvalue weighted by Crippen LogP contribution is -1.95. The molecule has 0 radical (unpaired) electrons. The summed E-state index contributed by atoms with van der Waals surface area (Å²) in [5.74, 6) is 0. The zero-order valence-corrected chi connectivity index (χ0v) is 27.8. The Hall–Kier alpha value is -7.18. The minimum Gasteiger partial charge on any atom is -0.255 e. The number of nitrogens with zero attached hydrogens (tertiary/aromatic N) is 6. The molecule has 0 aliphatic rings. The molecular formula is C46H28N6. The third-order valence-corrected chi connectivity index (χ3v) is 9.54. The van der Waals surface area contributed by atoms with Crippen LogP contribution in [-0.4, -0.2) is 29.9 Å². The van der Waals surface area contributed by atoms with Gasteiger partial charge >= 0.3 is 0 Å². The molecule has 4 aromatic carbocycles. The van der Waals surface area contributed by atoms with Crippen molar-refractivity contribution in [2.24, 2.45) is 0 Å². The number of hydrogen-bond donors (Lipinski definition) is 0. The Morgan fingerprint density at radius 3 is 1.67 bits per heavy atom. The van der Waals surface area contributed by atoms with Crippen LogP contribution in [0.15, 0.2) is 170 Å². The van der Waals surface area contributed by atoms with Crippen molar-refractivity contribution in [2.45, 2.75) is 0 Å². The second kappa shape index (κ2) is 12.3. The smallest absolute Gasteiger partial charge is 0.0980 e. The Kier molecular flexibility index (Phi) is 7.03. The van der Waals surface area contributed by atoms with E-state index >= 15 is 0 Å². The van der Waals surface area contributed by atoms with Crippen molar-refractivity contribution in [1.29, 1.82) is 0 Å². The van der Waals surface area contributed by atoms with Crippen molar-refractivity contribution in [1.82, 2.24) is 29.9 Å².